The van der Waals surface area contributed by atoms with E-state index in [1.165, 1.54) is 12.8 Å². The molecule has 1 saturated heterocycles. The number of amides is 1. The zero-order chi connectivity index (χ0) is 15.5. The summed E-state index contributed by atoms with van der Waals surface area (Å²) in [4.78, 5) is 14.3. The average molecular weight is 289 g/mol. The zero-order valence-electron chi connectivity index (χ0n) is 13.1. The predicted octanol–water partition coefficient (Wildman–Crippen LogP) is 1.84. The fraction of sp³-hybridized carbons (Fsp3) is 0.588. The number of nitrogens with zero attached hydrogens (tertiary/aromatic N) is 1. The lowest BCUT2D eigenvalue weighted by Crippen LogP contribution is -2.52. The van der Waals surface area contributed by atoms with Crippen LogP contribution in [0.15, 0.2) is 30.3 Å². The van der Waals surface area contributed by atoms with Gasteiger partial charge in [-0.15, -0.1) is 0 Å². The van der Waals surface area contributed by atoms with E-state index in [-0.39, 0.29) is 0 Å². The van der Waals surface area contributed by atoms with Crippen LogP contribution in [0, 0.1) is 5.92 Å². The first kappa shape index (κ1) is 16.0. The maximum Gasteiger partial charge on any atom is 0.242 e. The molecule has 0 aromatic heterocycles. The van der Waals surface area contributed by atoms with Crippen molar-refractivity contribution in [2.45, 2.75) is 44.7 Å². The highest BCUT2D eigenvalue weighted by Gasteiger charge is 2.35. The van der Waals surface area contributed by atoms with Crippen LogP contribution in [0.5, 0.6) is 0 Å². The number of primary amides is 1. The third-order valence-corrected chi connectivity index (χ3v) is 4.80. The van der Waals surface area contributed by atoms with Gasteiger partial charge in [0.15, 0.2) is 0 Å². The molecule has 21 heavy (non-hydrogen) atoms. The summed E-state index contributed by atoms with van der Waals surface area (Å²) in [6.45, 7) is 6.43. The first-order chi connectivity index (χ1) is 9.93. The van der Waals surface area contributed by atoms with E-state index < -0.39 is 11.4 Å². The van der Waals surface area contributed by atoms with Gasteiger partial charge in [-0.1, -0.05) is 37.3 Å². The largest absolute Gasteiger partial charge is 0.368 e. The van der Waals surface area contributed by atoms with Crippen molar-refractivity contribution in [1.82, 2.24) is 4.90 Å². The average Bonchev–Trinajstić information content (AvgIpc) is 2.46. The second-order valence-electron chi connectivity index (χ2n) is 6.47. The number of likely N-dealkylation sites (tertiary alicyclic amines) is 1. The van der Waals surface area contributed by atoms with Crippen LogP contribution in [0.2, 0.25) is 0 Å². The maximum atomic E-state index is 11.9. The third kappa shape index (κ3) is 3.63. The Morgan fingerprint density at radius 2 is 2.00 bits per heavy atom. The van der Waals surface area contributed by atoms with E-state index >= 15 is 0 Å². The molecule has 1 heterocycles. The monoisotopic (exact) mass is 289 g/mol. The minimum absolute atomic E-state index is 0.452. The van der Waals surface area contributed by atoms with Crippen LogP contribution >= 0.6 is 0 Å². The van der Waals surface area contributed by atoms with E-state index in [2.05, 4.69) is 18.7 Å². The van der Waals surface area contributed by atoms with Crippen LogP contribution in [0.3, 0.4) is 0 Å². The van der Waals surface area contributed by atoms with Crippen molar-refractivity contribution in [2.24, 2.45) is 17.4 Å². The molecule has 1 aliphatic heterocycles. The zero-order valence-corrected chi connectivity index (χ0v) is 13.1. The standard InChI is InChI=1S/C17H27N3O/c1-13-8-10-20(14(2)12-13)11-9-17(19,16(18)21)15-6-4-3-5-7-15/h3-7,13-14H,8-12,19H2,1-2H3,(H2,18,21). The minimum atomic E-state index is -1.08. The van der Waals surface area contributed by atoms with Gasteiger partial charge < -0.3 is 16.4 Å². The number of hydrogen-bond acceptors (Lipinski definition) is 3. The summed E-state index contributed by atoms with van der Waals surface area (Å²) < 4.78 is 0. The van der Waals surface area contributed by atoms with E-state index in [1.54, 1.807) is 0 Å². The number of piperidine rings is 1. The predicted molar refractivity (Wildman–Crippen MR) is 85.6 cm³/mol. The molecule has 2 rings (SSSR count). The number of rotatable bonds is 5. The summed E-state index contributed by atoms with van der Waals surface area (Å²) >= 11 is 0. The molecule has 4 nitrogen and oxygen atoms in total. The maximum absolute atomic E-state index is 11.9. The van der Waals surface area contributed by atoms with Crippen LogP contribution in [-0.2, 0) is 10.3 Å². The number of hydrogen-bond donors (Lipinski definition) is 2. The van der Waals surface area contributed by atoms with Gasteiger partial charge in [0.2, 0.25) is 5.91 Å². The highest BCUT2D eigenvalue weighted by atomic mass is 16.1. The summed E-state index contributed by atoms with van der Waals surface area (Å²) in [5.41, 5.74) is 11.7. The first-order valence-corrected chi connectivity index (χ1v) is 7.82. The van der Waals surface area contributed by atoms with Crippen LogP contribution in [0.4, 0.5) is 0 Å². The molecular formula is C17H27N3O. The van der Waals surface area contributed by atoms with Gasteiger partial charge in [-0.3, -0.25) is 4.79 Å². The fourth-order valence-corrected chi connectivity index (χ4v) is 3.25. The molecule has 116 valence electrons. The summed E-state index contributed by atoms with van der Waals surface area (Å²) in [7, 11) is 0. The summed E-state index contributed by atoms with van der Waals surface area (Å²) in [6.07, 6.45) is 2.98. The van der Waals surface area contributed by atoms with E-state index in [0.717, 1.165) is 24.6 Å². The number of nitrogens with two attached hydrogens (primary N) is 2. The second-order valence-corrected chi connectivity index (χ2v) is 6.47. The molecular weight excluding hydrogens is 262 g/mol. The molecule has 0 radical (unpaired) electrons. The van der Waals surface area contributed by atoms with Gasteiger partial charge >= 0.3 is 0 Å². The summed E-state index contributed by atoms with van der Waals surface area (Å²) in [6, 6.07) is 10.0. The topological polar surface area (TPSA) is 72.3 Å². The minimum Gasteiger partial charge on any atom is -0.368 e. The molecule has 4 N–H and O–H groups in total. The van der Waals surface area contributed by atoms with Crippen LogP contribution in [0.25, 0.3) is 0 Å². The van der Waals surface area contributed by atoms with Gasteiger partial charge in [0, 0.05) is 12.6 Å². The highest BCUT2D eigenvalue weighted by molar-refractivity contribution is 5.85. The molecule has 0 bridgehead atoms. The lowest BCUT2D eigenvalue weighted by Gasteiger charge is -2.38. The number of benzene rings is 1. The Morgan fingerprint density at radius 3 is 2.57 bits per heavy atom. The van der Waals surface area contributed by atoms with E-state index in [9.17, 15) is 4.79 Å². The molecule has 3 unspecified atom stereocenters. The summed E-state index contributed by atoms with van der Waals surface area (Å²) in [5.74, 6) is 0.330. The number of carbonyl (C=O) groups excluding carboxylic acids is 1. The third-order valence-electron chi connectivity index (χ3n) is 4.80. The van der Waals surface area contributed by atoms with Crippen LogP contribution in [0.1, 0.15) is 38.7 Å². The Hall–Kier alpha value is -1.39. The first-order valence-electron chi connectivity index (χ1n) is 7.82. The SMILES string of the molecule is CC1CCN(CCC(N)(C(N)=O)c2ccccc2)C(C)C1. The molecule has 0 spiro atoms. The molecule has 0 aliphatic carbocycles. The van der Waals surface area contributed by atoms with Gasteiger partial charge in [-0.2, -0.15) is 0 Å². The lowest BCUT2D eigenvalue weighted by molar-refractivity contribution is -0.124. The molecule has 1 aliphatic rings. The Kier molecular flexibility index (Phi) is 5.01. The van der Waals surface area contributed by atoms with Crippen molar-refractivity contribution >= 4 is 5.91 Å². The molecule has 1 aromatic carbocycles. The van der Waals surface area contributed by atoms with Crippen LogP contribution < -0.4 is 11.5 Å². The fourth-order valence-electron chi connectivity index (χ4n) is 3.25. The van der Waals surface area contributed by atoms with Crippen molar-refractivity contribution in [3.8, 4) is 0 Å². The highest BCUT2D eigenvalue weighted by Crippen LogP contribution is 2.26. The van der Waals surface area contributed by atoms with Gasteiger partial charge in [0.25, 0.3) is 0 Å². The van der Waals surface area contributed by atoms with E-state index in [4.69, 9.17) is 11.5 Å². The van der Waals surface area contributed by atoms with Gasteiger partial charge in [-0.05, 0) is 44.2 Å². The Bertz CT molecular complexity index is 476. The molecule has 1 aromatic rings. The van der Waals surface area contributed by atoms with Crippen molar-refractivity contribution in [3.05, 3.63) is 35.9 Å². The van der Waals surface area contributed by atoms with Crippen molar-refractivity contribution < 1.29 is 4.79 Å². The quantitative estimate of drug-likeness (QED) is 0.868. The molecule has 0 saturated carbocycles. The van der Waals surface area contributed by atoms with Crippen molar-refractivity contribution in [2.75, 3.05) is 13.1 Å². The van der Waals surface area contributed by atoms with Crippen molar-refractivity contribution in [1.29, 1.82) is 0 Å². The Labute approximate surface area is 127 Å². The Balaban J connectivity index is 2.06. The van der Waals surface area contributed by atoms with E-state index in [0.29, 0.717) is 12.5 Å². The molecule has 3 atom stereocenters. The molecule has 1 fully saturated rings. The van der Waals surface area contributed by atoms with Crippen LogP contribution in [-0.4, -0.2) is 29.9 Å². The summed E-state index contributed by atoms with van der Waals surface area (Å²) in [5, 5.41) is 0. The second kappa shape index (κ2) is 6.58. The van der Waals surface area contributed by atoms with Gasteiger partial charge in [0.1, 0.15) is 5.54 Å². The van der Waals surface area contributed by atoms with Gasteiger partial charge in [0.05, 0.1) is 0 Å². The Morgan fingerprint density at radius 1 is 1.33 bits per heavy atom. The smallest absolute Gasteiger partial charge is 0.242 e. The van der Waals surface area contributed by atoms with Gasteiger partial charge in [-0.25, -0.2) is 0 Å². The molecule has 1 amide bonds. The lowest BCUT2D eigenvalue weighted by atomic mass is 9.85. The van der Waals surface area contributed by atoms with Crippen molar-refractivity contribution in [3.63, 3.8) is 0 Å². The number of carbonyl (C=O) groups is 1. The molecule has 4 heteroatoms. The normalized spacial score (nSPS) is 26.2. The van der Waals surface area contributed by atoms with E-state index in [1.807, 2.05) is 30.3 Å².